The Balaban J connectivity index is 1.85. The van der Waals surface area contributed by atoms with Gasteiger partial charge < -0.3 is 15.0 Å². The minimum atomic E-state index is -0.824. The van der Waals surface area contributed by atoms with E-state index in [1.54, 1.807) is 6.07 Å². The van der Waals surface area contributed by atoms with E-state index in [4.69, 9.17) is 16.3 Å². The molecular formula is C16H15ClFN3O2. The molecule has 0 atom stereocenters. The van der Waals surface area contributed by atoms with Crippen molar-refractivity contribution in [1.29, 1.82) is 0 Å². The van der Waals surface area contributed by atoms with Gasteiger partial charge in [0.25, 0.3) is 5.91 Å². The first-order chi connectivity index (χ1) is 11.2. The van der Waals surface area contributed by atoms with Gasteiger partial charge in [0.05, 0.1) is 30.2 Å². The third-order valence-corrected chi connectivity index (χ3v) is 3.86. The fraction of sp³-hybridized carbons (Fsp3) is 0.250. The number of nitrogens with zero attached hydrogens (tertiary/aromatic N) is 2. The summed E-state index contributed by atoms with van der Waals surface area (Å²) in [6, 6.07) is 8.70. The molecule has 1 aromatic carbocycles. The van der Waals surface area contributed by atoms with Crippen molar-refractivity contribution >= 4 is 28.9 Å². The standard InChI is InChI=1S/C16H15ClFN3O2/c17-15-14(18)11(5-6-19-15)16(22)20-12-3-1-2-4-13(12)21-7-9-23-10-8-21/h1-6H,7-10H2,(H,20,22). The second-order valence-corrected chi connectivity index (χ2v) is 5.39. The van der Waals surface area contributed by atoms with E-state index in [2.05, 4.69) is 15.2 Å². The zero-order valence-corrected chi connectivity index (χ0v) is 13.0. The van der Waals surface area contributed by atoms with Gasteiger partial charge in [0.15, 0.2) is 11.0 Å². The summed E-state index contributed by atoms with van der Waals surface area (Å²) < 4.78 is 19.3. The van der Waals surface area contributed by atoms with Crippen LogP contribution >= 0.6 is 11.6 Å². The van der Waals surface area contributed by atoms with E-state index in [0.717, 1.165) is 18.8 Å². The van der Waals surface area contributed by atoms with Crippen LogP contribution in [-0.4, -0.2) is 37.2 Å². The molecule has 1 saturated heterocycles. The van der Waals surface area contributed by atoms with Crippen molar-refractivity contribution in [2.75, 3.05) is 36.5 Å². The number of halogens is 2. The van der Waals surface area contributed by atoms with E-state index >= 15 is 0 Å². The Labute approximate surface area is 138 Å². The summed E-state index contributed by atoms with van der Waals surface area (Å²) in [7, 11) is 0. The zero-order chi connectivity index (χ0) is 16.2. The Kier molecular flexibility index (Phi) is 4.73. The van der Waals surface area contributed by atoms with Gasteiger partial charge in [-0.05, 0) is 18.2 Å². The Morgan fingerprint density at radius 3 is 2.78 bits per heavy atom. The molecule has 0 radical (unpaired) electrons. The van der Waals surface area contributed by atoms with Crippen LogP contribution in [0.1, 0.15) is 10.4 Å². The van der Waals surface area contributed by atoms with Crippen molar-refractivity contribution in [2.45, 2.75) is 0 Å². The molecule has 0 spiro atoms. The van der Waals surface area contributed by atoms with Gasteiger partial charge in [-0.3, -0.25) is 4.79 Å². The number of aromatic nitrogens is 1. The van der Waals surface area contributed by atoms with Crippen LogP contribution in [0.4, 0.5) is 15.8 Å². The molecule has 3 rings (SSSR count). The van der Waals surface area contributed by atoms with Crippen LogP contribution in [0.15, 0.2) is 36.5 Å². The third-order valence-electron chi connectivity index (χ3n) is 3.60. The molecular weight excluding hydrogens is 321 g/mol. The maximum Gasteiger partial charge on any atom is 0.258 e. The largest absolute Gasteiger partial charge is 0.378 e. The van der Waals surface area contributed by atoms with Crippen LogP contribution in [0.25, 0.3) is 0 Å². The number of ether oxygens (including phenoxy) is 1. The molecule has 1 amide bonds. The summed E-state index contributed by atoms with van der Waals surface area (Å²) >= 11 is 5.63. The minimum Gasteiger partial charge on any atom is -0.378 e. The minimum absolute atomic E-state index is 0.137. The van der Waals surface area contributed by atoms with Gasteiger partial charge in [-0.15, -0.1) is 0 Å². The normalized spacial score (nSPS) is 14.6. The number of carbonyl (C=O) groups is 1. The van der Waals surface area contributed by atoms with E-state index in [0.29, 0.717) is 18.9 Å². The lowest BCUT2D eigenvalue weighted by molar-refractivity contribution is 0.102. The SMILES string of the molecule is O=C(Nc1ccccc1N1CCOCC1)c1ccnc(Cl)c1F. The highest BCUT2D eigenvalue weighted by molar-refractivity contribution is 6.30. The van der Waals surface area contributed by atoms with Crippen LogP contribution in [-0.2, 0) is 4.74 Å². The molecule has 0 unspecified atom stereocenters. The molecule has 1 aliphatic heterocycles. The molecule has 1 aromatic heterocycles. The number of hydrogen-bond donors (Lipinski definition) is 1. The smallest absolute Gasteiger partial charge is 0.258 e. The number of pyridine rings is 1. The van der Waals surface area contributed by atoms with Gasteiger partial charge in [0.2, 0.25) is 0 Å². The van der Waals surface area contributed by atoms with E-state index in [1.165, 1.54) is 12.3 Å². The summed E-state index contributed by atoms with van der Waals surface area (Å²) in [6.07, 6.45) is 1.30. The topological polar surface area (TPSA) is 54.5 Å². The van der Waals surface area contributed by atoms with E-state index < -0.39 is 11.7 Å². The Hall–Kier alpha value is -2.18. The van der Waals surface area contributed by atoms with Crippen LogP contribution < -0.4 is 10.2 Å². The maximum absolute atomic E-state index is 13.9. The van der Waals surface area contributed by atoms with Gasteiger partial charge >= 0.3 is 0 Å². The van der Waals surface area contributed by atoms with Crippen molar-refractivity contribution in [3.05, 3.63) is 53.1 Å². The lowest BCUT2D eigenvalue weighted by Gasteiger charge is -2.30. The van der Waals surface area contributed by atoms with Crippen molar-refractivity contribution in [3.8, 4) is 0 Å². The molecule has 1 aliphatic rings. The first kappa shape index (κ1) is 15.7. The summed E-state index contributed by atoms with van der Waals surface area (Å²) in [5, 5.41) is 2.42. The molecule has 5 nitrogen and oxygen atoms in total. The van der Waals surface area contributed by atoms with Crippen LogP contribution in [0.2, 0.25) is 5.15 Å². The van der Waals surface area contributed by atoms with Gasteiger partial charge in [-0.25, -0.2) is 9.37 Å². The molecule has 0 aliphatic carbocycles. The lowest BCUT2D eigenvalue weighted by atomic mass is 10.2. The van der Waals surface area contributed by atoms with E-state index in [9.17, 15) is 9.18 Å². The zero-order valence-electron chi connectivity index (χ0n) is 12.3. The number of rotatable bonds is 3. The van der Waals surface area contributed by atoms with Crippen molar-refractivity contribution < 1.29 is 13.9 Å². The monoisotopic (exact) mass is 335 g/mol. The number of benzene rings is 1. The summed E-state index contributed by atoms with van der Waals surface area (Å²) in [5.41, 5.74) is 1.36. The molecule has 7 heteroatoms. The number of carbonyl (C=O) groups excluding carboxylic acids is 1. The average Bonchev–Trinajstić information content (AvgIpc) is 2.58. The molecule has 23 heavy (non-hydrogen) atoms. The summed E-state index contributed by atoms with van der Waals surface area (Å²) in [4.78, 5) is 18.1. The van der Waals surface area contributed by atoms with Crippen molar-refractivity contribution in [1.82, 2.24) is 4.98 Å². The molecule has 0 bridgehead atoms. The number of anilines is 2. The number of para-hydroxylation sites is 2. The Bertz CT molecular complexity index is 720. The van der Waals surface area contributed by atoms with Gasteiger partial charge in [0, 0.05) is 19.3 Å². The highest BCUT2D eigenvalue weighted by Gasteiger charge is 2.19. The predicted molar refractivity (Wildman–Crippen MR) is 86.6 cm³/mol. The molecule has 120 valence electrons. The van der Waals surface area contributed by atoms with Crippen molar-refractivity contribution in [3.63, 3.8) is 0 Å². The van der Waals surface area contributed by atoms with Crippen LogP contribution in [0, 0.1) is 5.82 Å². The summed E-state index contributed by atoms with van der Waals surface area (Å²) in [5.74, 6) is -1.39. The van der Waals surface area contributed by atoms with Gasteiger partial charge in [-0.1, -0.05) is 23.7 Å². The number of amides is 1. The Morgan fingerprint density at radius 2 is 2.00 bits per heavy atom. The fourth-order valence-corrected chi connectivity index (χ4v) is 2.60. The quantitative estimate of drug-likeness (QED) is 0.876. The second-order valence-electron chi connectivity index (χ2n) is 5.03. The molecule has 1 N–H and O–H groups in total. The lowest BCUT2D eigenvalue weighted by Crippen LogP contribution is -2.36. The van der Waals surface area contributed by atoms with Gasteiger partial charge in [0.1, 0.15) is 0 Å². The Morgan fingerprint density at radius 1 is 1.26 bits per heavy atom. The number of nitrogens with one attached hydrogen (secondary N) is 1. The first-order valence-corrected chi connectivity index (χ1v) is 7.57. The average molecular weight is 336 g/mol. The number of morpholine rings is 1. The maximum atomic E-state index is 13.9. The number of hydrogen-bond acceptors (Lipinski definition) is 4. The van der Waals surface area contributed by atoms with E-state index in [1.807, 2.05) is 18.2 Å². The highest BCUT2D eigenvalue weighted by Crippen LogP contribution is 2.27. The predicted octanol–water partition coefficient (Wildman–Crippen LogP) is 2.96. The molecule has 2 heterocycles. The third kappa shape index (κ3) is 3.43. The molecule has 1 fully saturated rings. The van der Waals surface area contributed by atoms with Gasteiger partial charge in [-0.2, -0.15) is 0 Å². The van der Waals surface area contributed by atoms with Crippen molar-refractivity contribution in [2.24, 2.45) is 0 Å². The summed E-state index contributed by atoms with van der Waals surface area (Å²) in [6.45, 7) is 2.75. The molecule has 0 saturated carbocycles. The van der Waals surface area contributed by atoms with Crippen LogP contribution in [0.5, 0.6) is 0 Å². The van der Waals surface area contributed by atoms with Crippen LogP contribution in [0.3, 0.4) is 0 Å². The first-order valence-electron chi connectivity index (χ1n) is 7.20. The second kappa shape index (κ2) is 6.93. The van der Waals surface area contributed by atoms with E-state index in [-0.39, 0.29) is 10.7 Å². The molecule has 2 aromatic rings. The highest BCUT2D eigenvalue weighted by atomic mass is 35.5. The fourth-order valence-electron chi connectivity index (χ4n) is 2.44.